The van der Waals surface area contributed by atoms with Crippen molar-refractivity contribution >= 4 is 35.0 Å². The van der Waals surface area contributed by atoms with Crippen molar-refractivity contribution < 1.29 is 19.2 Å². The van der Waals surface area contributed by atoms with E-state index in [2.05, 4.69) is 20.9 Å². The summed E-state index contributed by atoms with van der Waals surface area (Å²) in [5, 5.41) is 10.1. The average molecular weight is 592 g/mol. The Balaban J connectivity index is 1.35. The molecule has 3 aromatic carbocycles. The van der Waals surface area contributed by atoms with Gasteiger partial charge in [-0.25, -0.2) is 0 Å². The van der Waals surface area contributed by atoms with E-state index in [4.69, 9.17) is 0 Å². The molecule has 2 aliphatic heterocycles. The normalized spacial score (nSPS) is 23.1. The molecular formula is C35H37N5O4. The Bertz CT molecular complexity index is 1640. The van der Waals surface area contributed by atoms with Crippen LogP contribution in [0.15, 0.2) is 91.1 Å². The van der Waals surface area contributed by atoms with Crippen molar-refractivity contribution in [2.24, 2.45) is 0 Å². The number of carbonyl (C=O) groups excluding carboxylic acids is 4. The van der Waals surface area contributed by atoms with Crippen molar-refractivity contribution in [3.8, 4) is 0 Å². The number of nitrogens with zero attached hydrogens (tertiary/aromatic N) is 2. The van der Waals surface area contributed by atoms with Crippen LogP contribution in [0.4, 0.5) is 0 Å². The molecule has 9 heteroatoms. The smallest absolute Gasteiger partial charge is 0.243 e. The van der Waals surface area contributed by atoms with Crippen molar-refractivity contribution in [3.05, 3.63) is 108 Å². The van der Waals surface area contributed by atoms with E-state index in [0.717, 1.165) is 47.0 Å². The second-order valence-corrected chi connectivity index (χ2v) is 11.7. The standard InChI is InChI=1S/C35H37N5O4/c41-23-40-21-26(28-14-7-8-15-31(28)40)20-30-33(42)36-27(18-24-10-3-1-4-11-24)22-39-17-9-16-32(39)35(44)38-29(34(43)37-30)19-25-12-5-2-6-13-25/h1-8,10-15,21,23,27,29-30,32H,9,16-20,22H2,(H,36,42)(H,37,43)(H,38,44)/t27-,29-,30+,32+/m0/s1. The Morgan fingerprint density at radius 1 is 0.705 bits per heavy atom. The van der Waals surface area contributed by atoms with E-state index in [-0.39, 0.29) is 30.3 Å². The molecule has 0 radical (unpaired) electrons. The fraction of sp³-hybridized carbons (Fsp3) is 0.314. The Hall–Kier alpha value is -4.76. The van der Waals surface area contributed by atoms with Crippen LogP contribution in [-0.4, -0.2) is 70.9 Å². The molecule has 6 rings (SSSR count). The van der Waals surface area contributed by atoms with Crippen molar-refractivity contribution in [1.29, 1.82) is 0 Å². The molecule has 0 spiro atoms. The molecule has 0 unspecified atom stereocenters. The molecule has 2 aliphatic rings. The maximum atomic E-state index is 14.1. The Morgan fingerprint density at radius 3 is 2.05 bits per heavy atom. The minimum atomic E-state index is -0.935. The summed E-state index contributed by atoms with van der Waals surface area (Å²) in [5.41, 5.74) is 3.47. The van der Waals surface area contributed by atoms with Crippen molar-refractivity contribution in [1.82, 2.24) is 25.4 Å². The van der Waals surface area contributed by atoms with Crippen LogP contribution in [0.3, 0.4) is 0 Å². The third kappa shape index (κ3) is 6.58. The van der Waals surface area contributed by atoms with Gasteiger partial charge in [0.1, 0.15) is 12.1 Å². The Morgan fingerprint density at radius 2 is 1.32 bits per heavy atom. The number of hydrogen-bond acceptors (Lipinski definition) is 5. The van der Waals surface area contributed by atoms with Crippen molar-refractivity contribution in [2.45, 2.75) is 56.3 Å². The van der Waals surface area contributed by atoms with Crippen LogP contribution in [0.2, 0.25) is 0 Å². The van der Waals surface area contributed by atoms with E-state index in [1.165, 1.54) is 4.57 Å². The molecule has 4 aromatic rings. The lowest BCUT2D eigenvalue weighted by molar-refractivity contribution is -0.134. The van der Waals surface area contributed by atoms with E-state index >= 15 is 0 Å². The first-order valence-corrected chi connectivity index (χ1v) is 15.3. The van der Waals surface area contributed by atoms with Crippen LogP contribution in [0.25, 0.3) is 10.9 Å². The van der Waals surface area contributed by atoms with Gasteiger partial charge in [-0.15, -0.1) is 0 Å². The first-order valence-electron chi connectivity index (χ1n) is 15.3. The molecule has 3 heterocycles. The maximum Gasteiger partial charge on any atom is 0.243 e. The zero-order valence-corrected chi connectivity index (χ0v) is 24.5. The number of fused-ring (bicyclic) bond motifs is 2. The summed E-state index contributed by atoms with van der Waals surface area (Å²) in [5.74, 6) is -0.899. The van der Waals surface area contributed by atoms with Gasteiger partial charge >= 0.3 is 0 Å². The third-order valence-corrected chi connectivity index (χ3v) is 8.70. The molecule has 3 amide bonds. The number of aromatic nitrogens is 1. The zero-order chi connectivity index (χ0) is 30.5. The van der Waals surface area contributed by atoms with Crippen LogP contribution >= 0.6 is 0 Å². The summed E-state index contributed by atoms with van der Waals surface area (Å²) in [6, 6.07) is 24.5. The molecule has 4 atom stereocenters. The predicted octanol–water partition coefficient (Wildman–Crippen LogP) is 2.64. The molecule has 226 valence electrons. The summed E-state index contributed by atoms with van der Waals surface area (Å²) in [7, 11) is 0. The highest BCUT2D eigenvalue weighted by Gasteiger charge is 2.37. The monoisotopic (exact) mass is 591 g/mol. The summed E-state index contributed by atoms with van der Waals surface area (Å²) in [4.78, 5) is 55.7. The van der Waals surface area contributed by atoms with E-state index in [1.54, 1.807) is 6.20 Å². The van der Waals surface area contributed by atoms with E-state index in [9.17, 15) is 19.2 Å². The number of rotatable bonds is 7. The molecule has 44 heavy (non-hydrogen) atoms. The summed E-state index contributed by atoms with van der Waals surface area (Å²) < 4.78 is 1.49. The van der Waals surface area contributed by atoms with Crippen LogP contribution in [0, 0.1) is 0 Å². The van der Waals surface area contributed by atoms with Crippen LogP contribution in [-0.2, 0) is 38.4 Å². The quantitative estimate of drug-likeness (QED) is 0.286. The van der Waals surface area contributed by atoms with E-state index in [1.807, 2.05) is 84.9 Å². The van der Waals surface area contributed by atoms with E-state index < -0.39 is 18.0 Å². The van der Waals surface area contributed by atoms with Gasteiger partial charge in [-0.3, -0.25) is 28.6 Å². The number of hydrogen-bond donors (Lipinski definition) is 3. The lowest BCUT2D eigenvalue weighted by Crippen LogP contribution is -2.60. The molecule has 0 saturated carbocycles. The number of amides is 3. The first-order chi connectivity index (χ1) is 21.5. The summed E-state index contributed by atoms with van der Waals surface area (Å²) in [6.07, 6.45) is 5.06. The van der Waals surface area contributed by atoms with Gasteiger partial charge in [0.15, 0.2) is 0 Å². The fourth-order valence-electron chi connectivity index (χ4n) is 6.54. The molecule has 9 nitrogen and oxygen atoms in total. The molecule has 1 aromatic heterocycles. The zero-order valence-electron chi connectivity index (χ0n) is 24.5. The first kappa shape index (κ1) is 29.3. The average Bonchev–Trinajstić information content (AvgIpc) is 3.65. The number of benzene rings is 3. The molecular weight excluding hydrogens is 554 g/mol. The highest BCUT2D eigenvalue weighted by atomic mass is 16.2. The molecule has 3 N–H and O–H groups in total. The lowest BCUT2D eigenvalue weighted by atomic mass is 9.99. The SMILES string of the molecule is O=Cn1cc(C[C@H]2NC(=O)[C@H](Cc3ccccc3)NC(=O)[C@H]3CCCN3C[C@H](Cc3ccccc3)NC2=O)c2ccccc21. The van der Waals surface area contributed by atoms with Crippen LogP contribution < -0.4 is 16.0 Å². The topological polar surface area (TPSA) is 113 Å². The molecule has 2 saturated heterocycles. The minimum absolute atomic E-state index is 0.172. The summed E-state index contributed by atoms with van der Waals surface area (Å²) in [6.45, 7) is 1.25. The minimum Gasteiger partial charge on any atom is -0.350 e. The molecule has 2 fully saturated rings. The highest BCUT2D eigenvalue weighted by Crippen LogP contribution is 2.23. The largest absolute Gasteiger partial charge is 0.350 e. The second-order valence-electron chi connectivity index (χ2n) is 11.7. The maximum absolute atomic E-state index is 14.1. The number of carbonyl (C=O) groups is 4. The van der Waals surface area contributed by atoms with Gasteiger partial charge in [-0.05, 0) is 48.6 Å². The number of nitrogens with one attached hydrogen (secondary N) is 3. The van der Waals surface area contributed by atoms with Crippen molar-refractivity contribution in [3.63, 3.8) is 0 Å². The van der Waals surface area contributed by atoms with Gasteiger partial charge in [0.05, 0.1) is 11.6 Å². The van der Waals surface area contributed by atoms with Crippen LogP contribution in [0.1, 0.15) is 29.5 Å². The second kappa shape index (κ2) is 13.3. The van der Waals surface area contributed by atoms with Gasteiger partial charge in [0, 0.05) is 37.0 Å². The molecule has 0 bridgehead atoms. The molecule has 0 aliphatic carbocycles. The summed E-state index contributed by atoms with van der Waals surface area (Å²) >= 11 is 0. The van der Waals surface area contributed by atoms with Crippen LogP contribution in [0.5, 0.6) is 0 Å². The van der Waals surface area contributed by atoms with Gasteiger partial charge in [-0.2, -0.15) is 0 Å². The van der Waals surface area contributed by atoms with E-state index in [0.29, 0.717) is 25.8 Å². The van der Waals surface area contributed by atoms with Gasteiger partial charge in [0.25, 0.3) is 0 Å². The lowest BCUT2D eigenvalue weighted by Gasteiger charge is -2.33. The Labute approximate surface area is 256 Å². The predicted molar refractivity (Wildman–Crippen MR) is 168 cm³/mol. The highest BCUT2D eigenvalue weighted by molar-refractivity contribution is 5.95. The van der Waals surface area contributed by atoms with Crippen molar-refractivity contribution in [2.75, 3.05) is 13.1 Å². The Kier molecular flexibility index (Phi) is 8.84. The van der Waals surface area contributed by atoms with Gasteiger partial charge in [-0.1, -0.05) is 78.9 Å². The van der Waals surface area contributed by atoms with Gasteiger partial charge < -0.3 is 16.0 Å². The third-order valence-electron chi connectivity index (χ3n) is 8.70. The fourth-order valence-corrected chi connectivity index (χ4v) is 6.54. The van der Waals surface area contributed by atoms with Gasteiger partial charge in [0.2, 0.25) is 24.1 Å². The number of para-hydroxylation sites is 1.